The van der Waals surface area contributed by atoms with Crippen LogP contribution in [-0.4, -0.2) is 44.0 Å². The number of esters is 1. The van der Waals surface area contributed by atoms with Crippen molar-refractivity contribution in [1.29, 1.82) is 0 Å². The van der Waals surface area contributed by atoms with Crippen molar-refractivity contribution in [3.8, 4) is 11.4 Å². The average Bonchev–Trinajstić information content (AvgIpc) is 3.03. The number of pyridine rings is 1. The van der Waals surface area contributed by atoms with Crippen LogP contribution in [0, 0.1) is 13.8 Å². The van der Waals surface area contributed by atoms with Gasteiger partial charge in [-0.15, -0.1) is 0 Å². The van der Waals surface area contributed by atoms with E-state index >= 15 is 0 Å². The highest BCUT2D eigenvalue weighted by Crippen LogP contribution is 2.24. The van der Waals surface area contributed by atoms with E-state index in [0.717, 1.165) is 34.6 Å². The first-order valence-electron chi connectivity index (χ1n) is 10.1. The Morgan fingerprint density at radius 1 is 1.30 bits per heavy atom. The Balaban J connectivity index is 1.56. The predicted octanol–water partition coefficient (Wildman–Crippen LogP) is 2.51. The molecule has 3 aromatic rings. The maximum Gasteiger partial charge on any atom is 0.355 e. The maximum absolute atomic E-state index is 12.7. The third-order valence-electron chi connectivity index (χ3n) is 5.54. The van der Waals surface area contributed by atoms with Gasteiger partial charge >= 0.3 is 5.97 Å². The van der Waals surface area contributed by atoms with Gasteiger partial charge in [-0.2, -0.15) is 0 Å². The predicted molar refractivity (Wildman–Crippen MR) is 112 cm³/mol. The number of aryl methyl sites for hydroxylation is 1. The molecule has 0 unspecified atom stereocenters. The molecular formula is C22H25N5O3. The van der Waals surface area contributed by atoms with Gasteiger partial charge in [0.25, 0.3) is 5.56 Å². The van der Waals surface area contributed by atoms with E-state index in [1.165, 1.54) is 0 Å². The summed E-state index contributed by atoms with van der Waals surface area (Å²) < 4.78 is 5.13. The third-order valence-corrected chi connectivity index (χ3v) is 5.54. The number of aromatic amines is 2. The zero-order valence-electron chi connectivity index (χ0n) is 17.4. The number of rotatable bonds is 5. The van der Waals surface area contributed by atoms with Gasteiger partial charge in [-0.1, -0.05) is 0 Å². The summed E-state index contributed by atoms with van der Waals surface area (Å²) in [6, 6.07) is 3.70. The fraction of sp³-hybridized carbons (Fsp3) is 0.364. The normalized spacial score (nSPS) is 13.8. The van der Waals surface area contributed by atoms with Crippen molar-refractivity contribution in [1.82, 2.24) is 24.8 Å². The highest BCUT2D eigenvalue weighted by Gasteiger charge is 2.25. The zero-order chi connectivity index (χ0) is 21.3. The first-order valence-corrected chi connectivity index (χ1v) is 10.1. The largest absolute Gasteiger partial charge is 0.461 e. The molecule has 8 heteroatoms. The van der Waals surface area contributed by atoms with Gasteiger partial charge in [0.15, 0.2) is 0 Å². The number of carbonyl (C=O) groups is 1. The molecule has 0 spiro atoms. The van der Waals surface area contributed by atoms with Crippen LogP contribution in [0.25, 0.3) is 11.4 Å². The van der Waals surface area contributed by atoms with E-state index in [4.69, 9.17) is 4.74 Å². The highest BCUT2D eigenvalue weighted by molar-refractivity contribution is 5.89. The maximum atomic E-state index is 12.7. The summed E-state index contributed by atoms with van der Waals surface area (Å²) in [5, 5.41) is 0. The summed E-state index contributed by atoms with van der Waals surface area (Å²) in [5.41, 5.74) is 5.63. The number of carbonyl (C=O) groups excluding carboxylic acids is 1. The number of fused-ring (bicyclic) bond motifs is 1. The van der Waals surface area contributed by atoms with Crippen molar-refractivity contribution in [2.75, 3.05) is 13.2 Å². The summed E-state index contributed by atoms with van der Waals surface area (Å²) >= 11 is 0. The summed E-state index contributed by atoms with van der Waals surface area (Å²) in [5.74, 6) is 0.216. The number of aromatic nitrogens is 4. The van der Waals surface area contributed by atoms with Gasteiger partial charge < -0.3 is 14.7 Å². The van der Waals surface area contributed by atoms with Gasteiger partial charge in [0, 0.05) is 49.7 Å². The summed E-state index contributed by atoms with van der Waals surface area (Å²) in [6.45, 7) is 7.97. The van der Waals surface area contributed by atoms with Gasteiger partial charge in [-0.3, -0.25) is 14.7 Å². The van der Waals surface area contributed by atoms with E-state index in [1.807, 2.05) is 26.0 Å². The molecule has 1 aliphatic heterocycles. The van der Waals surface area contributed by atoms with Crippen LogP contribution >= 0.6 is 0 Å². The van der Waals surface area contributed by atoms with E-state index in [-0.39, 0.29) is 11.5 Å². The van der Waals surface area contributed by atoms with Crippen LogP contribution in [0.3, 0.4) is 0 Å². The fourth-order valence-electron chi connectivity index (χ4n) is 3.91. The Kier molecular flexibility index (Phi) is 5.50. The molecule has 0 saturated carbocycles. The molecular weight excluding hydrogens is 382 g/mol. The lowest BCUT2D eigenvalue weighted by molar-refractivity contribution is 0.0519. The summed E-state index contributed by atoms with van der Waals surface area (Å²) in [6.07, 6.45) is 4.08. The van der Waals surface area contributed by atoms with Crippen LogP contribution in [0.2, 0.25) is 0 Å². The number of hydrogen-bond acceptors (Lipinski definition) is 6. The van der Waals surface area contributed by atoms with E-state index in [9.17, 15) is 9.59 Å². The lowest BCUT2D eigenvalue weighted by Gasteiger charge is -2.28. The molecule has 3 aromatic heterocycles. The molecule has 0 atom stereocenters. The number of ether oxygens (including phenoxy) is 1. The summed E-state index contributed by atoms with van der Waals surface area (Å²) in [7, 11) is 0. The highest BCUT2D eigenvalue weighted by atomic mass is 16.5. The van der Waals surface area contributed by atoms with Crippen molar-refractivity contribution < 1.29 is 9.53 Å². The van der Waals surface area contributed by atoms with Crippen LogP contribution in [0.5, 0.6) is 0 Å². The number of nitrogens with one attached hydrogen (secondary N) is 2. The molecule has 0 fully saturated rings. The van der Waals surface area contributed by atoms with Gasteiger partial charge in [0.05, 0.1) is 17.9 Å². The molecule has 2 N–H and O–H groups in total. The van der Waals surface area contributed by atoms with E-state index in [2.05, 4.69) is 24.8 Å². The van der Waals surface area contributed by atoms with Crippen LogP contribution in [-0.2, 0) is 24.2 Å². The Morgan fingerprint density at radius 2 is 2.13 bits per heavy atom. The second kappa shape index (κ2) is 8.23. The summed E-state index contributed by atoms with van der Waals surface area (Å²) in [4.78, 5) is 41.9. The fourth-order valence-corrected chi connectivity index (χ4v) is 3.91. The standard InChI is InChI=1S/C22H25N5O3/c1-4-30-22(29)19-13(2)16(14(3)24-19)11-27-9-7-18-17(12-27)21(28)26-20(25-18)15-6-5-8-23-10-15/h5-6,8,10,24H,4,7,9,11-12H2,1-3H3,(H,25,26,28). The zero-order valence-corrected chi connectivity index (χ0v) is 17.4. The molecule has 0 bridgehead atoms. The second-order valence-electron chi connectivity index (χ2n) is 7.49. The number of nitrogens with zero attached hydrogens (tertiary/aromatic N) is 3. The molecule has 156 valence electrons. The van der Waals surface area contributed by atoms with Crippen LogP contribution in [0.15, 0.2) is 29.3 Å². The number of H-pyrrole nitrogens is 2. The monoisotopic (exact) mass is 407 g/mol. The van der Waals surface area contributed by atoms with Crippen molar-refractivity contribution in [3.63, 3.8) is 0 Å². The molecule has 4 heterocycles. The molecule has 8 nitrogen and oxygen atoms in total. The molecule has 0 radical (unpaired) electrons. The number of hydrogen-bond donors (Lipinski definition) is 2. The molecule has 0 aromatic carbocycles. The second-order valence-corrected chi connectivity index (χ2v) is 7.49. The Morgan fingerprint density at radius 3 is 2.87 bits per heavy atom. The SMILES string of the molecule is CCOC(=O)c1[nH]c(C)c(CN2CCc3nc(-c4cccnc4)[nH]c(=O)c3C2)c1C. The minimum absolute atomic E-state index is 0.113. The van der Waals surface area contributed by atoms with Gasteiger partial charge in [0.1, 0.15) is 11.5 Å². The Labute approximate surface area is 174 Å². The lowest BCUT2D eigenvalue weighted by Crippen LogP contribution is -2.35. The minimum atomic E-state index is -0.336. The molecule has 30 heavy (non-hydrogen) atoms. The van der Waals surface area contributed by atoms with Crippen molar-refractivity contribution >= 4 is 5.97 Å². The first-order chi connectivity index (χ1) is 14.5. The first kappa shape index (κ1) is 20.0. The minimum Gasteiger partial charge on any atom is -0.461 e. The van der Waals surface area contributed by atoms with E-state index < -0.39 is 0 Å². The topological polar surface area (TPSA) is 104 Å². The Hall–Kier alpha value is -3.26. The van der Waals surface area contributed by atoms with Crippen molar-refractivity contribution in [3.05, 3.63) is 68.7 Å². The van der Waals surface area contributed by atoms with E-state index in [1.54, 1.807) is 19.3 Å². The average molecular weight is 407 g/mol. The van der Waals surface area contributed by atoms with E-state index in [0.29, 0.717) is 43.2 Å². The molecule has 4 rings (SSSR count). The van der Waals surface area contributed by atoms with Crippen molar-refractivity contribution in [2.45, 2.75) is 40.3 Å². The van der Waals surface area contributed by atoms with Gasteiger partial charge in [0.2, 0.25) is 0 Å². The van der Waals surface area contributed by atoms with Crippen LogP contribution in [0.1, 0.15) is 45.5 Å². The van der Waals surface area contributed by atoms with Crippen LogP contribution in [0.4, 0.5) is 0 Å². The van der Waals surface area contributed by atoms with Gasteiger partial charge in [-0.05, 0) is 44.0 Å². The Bertz CT molecular complexity index is 1130. The quantitative estimate of drug-likeness (QED) is 0.630. The van der Waals surface area contributed by atoms with Crippen molar-refractivity contribution in [2.24, 2.45) is 0 Å². The van der Waals surface area contributed by atoms with Gasteiger partial charge in [-0.25, -0.2) is 9.78 Å². The molecule has 0 aliphatic carbocycles. The smallest absolute Gasteiger partial charge is 0.355 e. The molecule has 0 amide bonds. The molecule has 0 saturated heterocycles. The molecule has 1 aliphatic rings. The third kappa shape index (κ3) is 3.78. The van der Waals surface area contributed by atoms with Crippen LogP contribution < -0.4 is 5.56 Å². The lowest BCUT2D eigenvalue weighted by atomic mass is 10.0.